The van der Waals surface area contributed by atoms with Gasteiger partial charge in [-0.2, -0.15) is 0 Å². The van der Waals surface area contributed by atoms with Crippen molar-refractivity contribution in [1.82, 2.24) is 10.3 Å². The highest BCUT2D eigenvalue weighted by Gasteiger charge is 2.11. The Labute approximate surface area is 113 Å². The Morgan fingerprint density at radius 2 is 2.00 bits per heavy atom. The molecule has 1 aromatic heterocycles. The van der Waals surface area contributed by atoms with Crippen LogP contribution in [0.25, 0.3) is 0 Å². The number of hydrogen-bond donors (Lipinski definition) is 1. The van der Waals surface area contributed by atoms with E-state index in [-0.39, 0.29) is 0 Å². The first-order valence-electron chi connectivity index (χ1n) is 6.32. The second-order valence-electron chi connectivity index (χ2n) is 4.68. The van der Waals surface area contributed by atoms with Crippen LogP contribution in [0.15, 0.2) is 29.6 Å². The Kier molecular flexibility index (Phi) is 4.50. The molecule has 1 heterocycles. The molecule has 0 aliphatic rings. The smallest absolute Gasteiger partial charge is 0.0897 e. The lowest BCUT2D eigenvalue weighted by molar-refractivity contribution is 0.550. The summed E-state index contributed by atoms with van der Waals surface area (Å²) >= 11 is 1.73. The quantitative estimate of drug-likeness (QED) is 0.893. The van der Waals surface area contributed by atoms with Crippen molar-refractivity contribution in [2.45, 2.75) is 32.7 Å². The van der Waals surface area contributed by atoms with Crippen LogP contribution in [0.5, 0.6) is 0 Å². The summed E-state index contributed by atoms with van der Waals surface area (Å²) in [6, 6.07) is 9.05. The molecule has 2 nitrogen and oxygen atoms in total. The molecule has 2 aromatic rings. The van der Waals surface area contributed by atoms with E-state index in [1.807, 2.05) is 7.05 Å². The Hall–Kier alpha value is -1.19. The predicted octanol–water partition coefficient (Wildman–Crippen LogP) is 3.13. The number of nitrogens with zero attached hydrogens (tertiary/aromatic N) is 1. The molecule has 2 rings (SSSR count). The highest BCUT2D eigenvalue weighted by Crippen LogP contribution is 2.14. The Morgan fingerprint density at radius 1 is 1.22 bits per heavy atom. The van der Waals surface area contributed by atoms with Crippen molar-refractivity contribution in [2.24, 2.45) is 0 Å². The van der Waals surface area contributed by atoms with Crippen molar-refractivity contribution in [3.05, 3.63) is 51.5 Å². The Balaban J connectivity index is 2.04. The molecule has 0 radical (unpaired) electrons. The monoisotopic (exact) mass is 260 g/mol. The van der Waals surface area contributed by atoms with Crippen molar-refractivity contribution in [3.8, 4) is 0 Å². The van der Waals surface area contributed by atoms with Gasteiger partial charge >= 0.3 is 0 Å². The van der Waals surface area contributed by atoms with E-state index in [0.29, 0.717) is 6.04 Å². The molecule has 0 aliphatic heterocycles. The largest absolute Gasteiger partial charge is 0.316 e. The van der Waals surface area contributed by atoms with E-state index in [0.717, 1.165) is 17.8 Å². The van der Waals surface area contributed by atoms with Crippen molar-refractivity contribution in [2.75, 3.05) is 7.05 Å². The van der Waals surface area contributed by atoms with E-state index < -0.39 is 0 Å². The molecule has 1 N–H and O–H groups in total. The minimum absolute atomic E-state index is 0.451. The van der Waals surface area contributed by atoms with Gasteiger partial charge < -0.3 is 5.32 Å². The van der Waals surface area contributed by atoms with Crippen LogP contribution in [0.3, 0.4) is 0 Å². The number of aryl methyl sites for hydroxylation is 2. The van der Waals surface area contributed by atoms with Crippen molar-refractivity contribution in [3.63, 3.8) is 0 Å². The van der Waals surface area contributed by atoms with Crippen LogP contribution < -0.4 is 5.32 Å². The number of benzene rings is 1. The average molecular weight is 260 g/mol. The summed E-state index contributed by atoms with van der Waals surface area (Å²) in [6.45, 7) is 4.24. The van der Waals surface area contributed by atoms with E-state index >= 15 is 0 Å². The molecule has 96 valence electrons. The molecule has 0 saturated carbocycles. The van der Waals surface area contributed by atoms with E-state index in [1.165, 1.54) is 16.8 Å². The molecular formula is C15H20N2S. The van der Waals surface area contributed by atoms with Crippen LogP contribution in [0, 0.1) is 13.8 Å². The van der Waals surface area contributed by atoms with Crippen LogP contribution in [0.1, 0.15) is 21.8 Å². The Bertz CT molecular complexity index is 505. The molecule has 1 aromatic carbocycles. The lowest BCUT2D eigenvalue weighted by Crippen LogP contribution is -2.30. The maximum Gasteiger partial charge on any atom is 0.0897 e. The number of aromatic nitrogens is 1. The number of hydrogen-bond acceptors (Lipinski definition) is 3. The van der Waals surface area contributed by atoms with Crippen molar-refractivity contribution < 1.29 is 0 Å². The average Bonchev–Trinajstić information content (AvgIpc) is 2.76. The first-order chi connectivity index (χ1) is 8.69. The summed E-state index contributed by atoms with van der Waals surface area (Å²) in [5.74, 6) is 0. The minimum atomic E-state index is 0.451. The first kappa shape index (κ1) is 13.2. The van der Waals surface area contributed by atoms with E-state index in [1.54, 1.807) is 11.3 Å². The first-order valence-corrected chi connectivity index (χ1v) is 7.19. The van der Waals surface area contributed by atoms with Crippen LogP contribution in [0.2, 0.25) is 0 Å². The topological polar surface area (TPSA) is 24.9 Å². The molecule has 0 spiro atoms. The van der Waals surface area contributed by atoms with Crippen LogP contribution in [0.4, 0.5) is 0 Å². The zero-order valence-electron chi connectivity index (χ0n) is 11.2. The third-order valence-corrected chi connectivity index (χ3v) is 4.08. The standard InChI is InChI=1S/C15H20N2S/c1-11-6-4-5-7-13(11)8-14(16-3)9-15-10-18-12(2)17-15/h4-7,10,14,16H,8-9H2,1-3H3. The predicted molar refractivity (Wildman–Crippen MR) is 78.3 cm³/mol. The van der Waals surface area contributed by atoms with Gasteiger partial charge in [0.25, 0.3) is 0 Å². The molecule has 18 heavy (non-hydrogen) atoms. The zero-order chi connectivity index (χ0) is 13.0. The molecule has 0 saturated heterocycles. The molecule has 3 heteroatoms. The maximum absolute atomic E-state index is 4.54. The Morgan fingerprint density at radius 3 is 2.61 bits per heavy atom. The van der Waals surface area contributed by atoms with E-state index in [4.69, 9.17) is 0 Å². The van der Waals surface area contributed by atoms with Gasteiger partial charge in [-0.25, -0.2) is 4.98 Å². The van der Waals surface area contributed by atoms with Gasteiger partial charge in [0.1, 0.15) is 0 Å². The third kappa shape index (κ3) is 3.40. The number of likely N-dealkylation sites (N-methyl/N-ethyl adjacent to an activating group) is 1. The molecule has 1 atom stereocenters. The van der Waals surface area contributed by atoms with Crippen molar-refractivity contribution >= 4 is 11.3 Å². The highest BCUT2D eigenvalue weighted by molar-refractivity contribution is 7.09. The molecule has 0 fully saturated rings. The lowest BCUT2D eigenvalue weighted by atomic mass is 9.98. The summed E-state index contributed by atoms with van der Waals surface area (Å²) < 4.78 is 0. The van der Waals surface area contributed by atoms with Gasteiger partial charge in [0.05, 0.1) is 10.7 Å². The molecular weight excluding hydrogens is 240 g/mol. The minimum Gasteiger partial charge on any atom is -0.316 e. The number of thiazole rings is 1. The van der Waals surface area contributed by atoms with Gasteiger partial charge in [-0.1, -0.05) is 24.3 Å². The van der Waals surface area contributed by atoms with Gasteiger partial charge in [-0.05, 0) is 38.4 Å². The van der Waals surface area contributed by atoms with Crippen molar-refractivity contribution in [1.29, 1.82) is 0 Å². The van der Waals surface area contributed by atoms with Crippen LogP contribution in [-0.4, -0.2) is 18.1 Å². The van der Waals surface area contributed by atoms with Crippen LogP contribution in [-0.2, 0) is 12.8 Å². The molecule has 0 bridgehead atoms. The van der Waals surface area contributed by atoms with Gasteiger partial charge in [-0.3, -0.25) is 0 Å². The van der Waals surface area contributed by atoms with Crippen LogP contribution >= 0.6 is 11.3 Å². The second kappa shape index (κ2) is 6.12. The fourth-order valence-corrected chi connectivity index (χ4v) is 2.76. The molecule has 0 aliphatic carbocycles. The maximum atomic E-state index is 4.54. The zero-order valence-corrected chi connectivity index (χ0v) is 12.1. The number of rotatable bonds is 5. The van der Waals surface area contributed by atoms with Gasteiger partial charge in [0.2, 0.25) is 0 Å². The highest BCUT2D eigenvalue weighted by atomic mass is 32.1. The van der Waals surface area contributed by atoms with E-state index in [2.05, 4.69) is 53.8 Å². The summed E-state index contributed by atoms with van der Waals surface area (Å²) in [6.07, 6.45) is 2.05. The third-order valence-electron chi connectivity index (χ3n) is 3.26. The fourth-order valence-electron chi connectivity index (χ4n) is 2.14. The summed E-state index contributed by atoms with van der Waals surface area (Å²) in [5.41, 5.74) is 3.99. The molecule has 1 unspecified atom stereocenters. The normalized spacial score (nSPS) is 12.6. The second-order valence-corrected chi connectivity index (χ2v) is 5.74. The summed E-state index contributed by atoms with van der Waals surface area (Å²) in [7, 11) is 2.03. The fraction of sp³-hybridized carbons (Fsp3) is 0.400. The van der Waals surface area contributed by atoms with E-state index in [9.17, 15) is 0 Å². The summed E-state index contributed by atoms with van der Waals surface area (Å²) in [5, 5.41) is 6.71. The molecule has 0 amide bonds. The van der Waals surface area contributed by atoms with Gasteiger partial charge in [-0.15, -0.1) is 11.3 Å². The van der Waals surface area contributed by atoms with Gasteiger partial charge in [0, 0.05) is 17.8 Å². The SMILES string of the molecule is CNC(Cc1csc(C)n1)Cc1ccccc1C. The lowest BCUT2D eigenvalue weighted by Gasteiger charge is -2.16. The number of nitrogens with one attached hydrogen (secondary N) is 1. The van der Waals surface area contributed by atoms with Gasteiger partial charge in [0.15, 0.2) is 0 Å². The summed E-state index contributed by atoms with van der Waals surface area (Å²) in [4.78, 5) is 4.54.